The van der Waals surface area contributed by atoms with Gasteiger partial charge in [0.15, 0.2) is 11.8 Å². The minimum absolute atomic E-state index is 0.133. The molecular formula is C25H23F2N3O3. The lowest BCUT2D eigenvalue weighted by molar-refractivity contribution is -0.133. The molecule has 33 heavy (non-hydrogen) atoms. The van der Waals surface area contributed by atoms with E-state index in [1.54, 1.807) is 31.2 Å². The summed E-state index contributed by atoms with van der Waals surface area (Å²) in [6.45, 7) is 3.05. The third-order valence-electron chi connectivity index (χ3n) is 5.76. The predicted molar refractivity (Wildman–Crippen MR) is 120 cm³/mol. The zero-order chi connectivity index (χ0) is 23.5. The molecule has 0 spiro atoms. The lowest BCUT2D eigenvalue weighted by Crippen LogP contribution is -2.52. The molecule has 6 nitrogen and oxygen atoms in total. The summed E-state index contributed by atoms with van der Waals surface area (Å²) < 4.78 is 28.7. The first-order valence-electron chi connectivity index (χ1n) is 10.6. The summed E-state index contributed by atoms with van der Waals surface area (Å²) in [5, 5.41) is 0. The number of amides is 1. The number of piperazine rings is 1. The Hall–Kier alpha value is -3.81. The van der Waals surface area contributed by atoms with Crippen LogP contribution in [0.5, 0.6) is 0 Å². The number of halogens is 2. The van der Waals surface area contributed by atoms with E-state index >= 15 is 0 Å². The summed E-state index contributed by atoms with van der Waals surface area (Å²) in [5.41, 5.74) is 0.815. The highest BCUT2D eigenvalue weighted by molar-refractivity contribution is 6.11. The number of anilines is 1. The third-order valence-corrected chi connectivity index (χ3v) is 5.76. The molecule has 170 valence electrons. The molecule has 1 aromatic heterocycles. The lowest BCUT2D eigenvalue weighted by Gasteiger charge is -2.37. The number of rotatable bonds is 5. The van der Waals surface area contributed by atoms with Gasteiger partial charge < -0.3 is 9.80 Å². The average molecular weight is 451 g/mol. The Kier molecular flexibility index (Phi) is 6.35. The minimum atomic E-state index is -1.41. The fraction of sp³-hybridized carbons (Fsp3) is 0.240. The Labute approximate surface area is 189 Å². The van der Waals surface area contributed by atoms with Crippen molar-refractivity contribution in [2.24, 2.45) is 0 Å². The molecule has 1 saturated heterocycles. The number of ketones is 1. The van der Waals surface area contributed by atoms with Gasteiger partial charge in [-0.2, -0.15) is 0 Å². The number of carbonyl (C=O) groups is 2. The zero-order valence-corrected chi connectivity index (χ0v) is 18.1. The lowest BCUT2D eigenvalue weighted by atomic mass is 10.0. The molecular weight excluding hydrogens is 428 g/mol. The quantitative estimate of drug-likeness (QED) is 0.442. The molecule has 0 saturated carbocycles. The van der Waals surface area contributed by atoms with Crippen LogP contribution in [0.3, 0.4) is 0 Å². The van der Waals surface area contributed by atoms with Gasteiger partial charge in [0.2, 0.25) is 0 Å². The van der Waals surface area contributed by atoms with Crippen molar-refractivity contribution in [2.45, 2.75) is 13.0 Å². The molecule has 1 fully saturated rings. The number of hydrogen-bond donors (Lipinski definition) is 0. The van der Waals surface area contributed by atoms with E-state index in [1.165, 1.54) is 35.4 Å². The number of Topliss-reactive ketones (excluding diaryl/α,β-unsaturated/α-hetero) is 1. The van der Waals surface area contributed by atoms with E-state index in [-0.39, 0.29) is 24.5 Å². The van der Waals surface area contributed by atoms with Crippen molar-refractivity contribution in [1.29, 1.82) is 0 Å². The van der Waals surface area contributed by atoms with Crippen molar-refractivity contribution in [2.75, 3.05) is 31.1 Å². The maximum absolute atomic E-state index is 14.2. The van der Waals surface area contributed by atoms with E-state index < -0.39 is 29.1 Å². The molecule has 1 aliphatic rings. The summed E-state index contributed by atoms with van der Waals surface area (Å²) >= 11 is 0. The Morgan fingerprint density at radius 3 is 2.21 bits per heavy atom. The number of hydrogen-bond acceptors (Lipinski definition) is 4. The predicted octanol–water partition coefficient (Wildman–Crippen LogP) is 3.21. The van der Waals surface area contributed by atoms with Crippen molar-refractivity contribution in [3.8, 4) is 0 Å². The molecule has 4 rings (SSSR count). The van der Waals surface area contributed by atoms with E-state index in [4.69, 9.17) is 0 Å². The summed E-state index contributed by atoms with van der Waals surface area (Å²) in [4.78, 5) is 42.8. The Morgan fingerprint density at radius 2 is 1.55 bits per heavy atom. The van der Waals surface area contributed by atoms with Crippen LogP contribution in [0.15, 0.2) is 71.7 Å². The van der Waals surface area contributed by atoms with Gasteiger partial charge >= 0.3 is 0 Å². The number of aryl methyl sites for hydroxylation is 1. The van der Waals surface area contributed by atoms with E-state index in [0.29, 0.717) is 24.3 Å². The van der Waals surface area contributed by atoms with Gasteiger partial charge in [0.05, 0.1) is 5.69 Å². The standard InChI is InChI=1S/C25H23F2N3O3/c1-17-6-11-22(31)30(16-17)23(24(32)18-7-9-19(26)10-8-18)25(33)29-14-12-28(13-15-29)21-5-3-2-4-20(21)27/h2-11,16,23H,12-15H2,1H3. The van der Waals surface area contributed by atoms with Gasteiger partial charge in [-0.25, -0.2) is 8.78 Å². The van der Waals surface area contributed by atoms with Crippen LogP contribution in [0, 0.1) is 18.6 Å². The van der Waals surface area contributed by atoms with Crippen LogP contribution in [-0.4, -0.2) is 47.3 Å². The van der Waals surface area contributed by atoms with Crippen molar-refractivity contribution in [1.82, 2.24) is 9.47 Å². The van der Waals surface area contributed by atoms with Crippen molar-refractivity contribution in [3.63, 3.8) is 0 Å². The molecule has 1 atom stereocenters. The Morgan fingerprint density at radius 1 is 0.879 bits per heavy atom. The fourth-order valence-electron chi connectivity index (χ4n) is 3.99. The van der Waals surface area contributed by atoms with Crippen LogP contribution < -0.4 is 10.5 Å². The number of pyridine rings is 1. The van der Waals surface area contributed by atoms with Crippen LogP contribution >= 0.6 is 0 Å². The van der Waals surface area contributed by atoms with Gasteiger partial charge in [0.25, 0.3) is 11.5 Å². The number of benzene rings is 2. The summed E-state index contributed by atoms with van der Waals surface area (Å²) in [6.07, 6.45) is 1.47. The Bertz CT molecular complexity index is 1230. The number of carbonyl (C=O) groups excluding carboxylic acids is 2. The van der Waals surface area contributed by atoms with Gasteiger partial charge in [-0.1, -0.05) is 18.2 Å². The van der Waals surface area contributed by atoms with Crippen molar-refractivity contribution < 1.29 is 18.4 Å². The first kappa shape index (κ1) is 22.4. The second-order valence-electron chi connectivity index (χ2n) is 7.99. The molecule has 2 aromatic carbocycles. The molecule has 1 amide bonds. The van der Waals surface area contributed by atoms with E-state index in [0.717, 1.165) is 16.7 Å². The third kappa shape index (κ3) is 4.69. The van der Waals surface area contributed by atoms with E-state index in [9.17, 15) is 23.2 Å². The van der Waals surface area contributed by atoms with Gasteiger partial charge in [-0.15, -0.1) is 0 Å². The summed E-state index contributed by atoms with van der Waals surface area (Å²) in [5.74, 6) is -1.96. The number of para-hydroxylation sites is 1. The minimum Gasteiger partial charge on any atom is -0.366 e. The first-order chi connectivity index (χ1) is 15.8. The number of nitrogens with zero attached hydrogens (tertiary/aromatic N) is 3. The van der Waals surface area contributed by atoms with Crippen LogP contribution in [0.2, 0.25) is 0 Å². The SMILES string of the molecule is Cc1ccc(=O)n(C(C(=O)c2ccc(F)cc2)C(=O)N2CCN(c3ccccc3F)CC2)c1. The number of aromatic nitrogens is 1. The summed E-state index contributed by atoms with van der Waals surface area (Å²) in [7, 11) is 0. The average Bonchev–Trinajstić information content (AvgIpc) is 2.82. The van der Waals surface area contributed by atoms with Gasteiger partial charge in [0, 0.05) is 44.0 Å². The maximum Gasteiger partial charge on any atom is 0.253 e. The topological polar surface area (TPSA) is 62.6 Å². The maximum atomic E-state index is 14.2. The molecule has 1 aliphatic heterocycles. The highest BCUT2D eigenvalue weighted by Gasteiger charge is 2.35. The van der Waals surface area contributed by atoms with E-state index in [2.05, 4.69) is 0 Å². The smallest absolute Gasteiger partial charge is 0.253 e. The van der Waals surface area contributed by atoms with E-state index in [1.807, 2.05) is 4.90 Å². The van der Waals surface area contributed by atoms with Gasteiger partial charge in [0.1, 0.15) is 11.6 Å². The molecule has 0 radical (unpaired) electrons. The van der Waals surface area contributed by atoms with Crippen molar-refractivity contribution >= 4 is 17.4 Å². The molecule has 1 unspecified atom stereocenters. The van der Waals surface area contributed by atoms with Gasteiger partial charge in [-0.3, -0.25) is 19.0 Å². The highest BCUT2D eigenvalue weighted by Crippen LogP contribution is 2.23. The molecule has 2 heterocycles. The molecule has 0 N–H and O–H groups in total. The first-order valence-corrected chi connectivity index (χ1v) is 10.6. The molecule has 0 bridgehead atoms. The molecule has 3 aromatic rings. The molecule has 0 aliphatic carbocycles. The van der Waals surface area contributed by atoms with Crippen LogP contribution in [-0.2, 0) is 4.79 Å². The zero-order valence-electron chi connectivity index (χ0n) is 18.1. The van der Waals surface area contributed by atoms with Crippen LogP contribution in [0.4, 0.5) is 14.5 Å². The largest absolute Gasteiger partial charge is 0.366 e. The monoisotopic (exact) mass is 451 g/mol. The molecule has 8 heteroatoms. The van der Waals surface area contributed by atoms with Crippen LogP contribution in [0.25, 0.3) is 0 Å². The van der Waals surface area contributed by atoms with Crippen LogP contribution in [0.1, 0.15) is 22.0 Å². The second kappa shape index (κ2) is 9.36. The Balaban J connectivity index is 1.62. The van der Waals surface area contributed by atoms with Crippen molar-refractivity contribution in [3.05, 3.63) is 100.0 Å². The fourth-order valence-corrected chi connectivity index (χ4v) is 3.99. The normalized spacial score (nSPS) is 14.8. The highest BCUT2D eigenvalue weighted by atomic mass is 19.1. The second-order valence-corrected chi connectivity index (χ2v) is 7.99. The van der Waals surface area contributed by atoms with Gasteiger partial charge in [-0.05, 0) is 48.9 Å². The summed E-state index contributed by atoms with van der Waals surface area (Å²) in [6, 6.07) is 12.8.